The molecule has 1 aliphatic rings. The Balaban J connectivity index is 2.93. The van der Waals surface area contributed by atoms with Crippen molar-refractivity contribution in [3.05, 3.63) is 24.0 Å². The normalized spacial score (nSPS) is 29.9. The second kappa shape index (κ2) is 2.09. The van der Waals surface area contributed by atoms with Gasteiger partial charge in [0.15, 0.2) is 5.76 Å². The van der Waals surface area contributed by atoms with Crippen molar-refractivity contribution < 1.29 is 20.4 Å². The zero-order valence-corrected chi connectivity index (χ0v) is 5.10. The maximum absolute atomic E-state index is 8.85. The Kier molecular flexibility index (Phi) is 1.52. The Morgan fingerprint density at radius 3 is 2.40 bits per heavy atom. The fraction of sp³-hybridized carbons (Fsp3) is 0.333. The Morgan fingerprint density at radius 1 is 1.40 bits per heavy atom. The lowest BCUT2D eigenvalue weighted by Crippen LogP contribution is -2.44. The zero-order chi connectivity index (χ0) is 7.78. The van der Waals surface area contributed by atoms with E-state index in [0.717, 1.165) is 6.08 Å². The molecule has 0 aromatic rings. The molecule has 1 rings (SSSR count). The number of hydrogen-bond donors (Lipinski definition) is 4. The highest BCUT2D eigenvalue weighted by molar-refractivity contribution is 5.23. The smallest absolute Gasteiger partial charge is 0.253 e. The third-order valence-electron chi connectivity index (χ3n) is 1.34. The number of hydrogen-bond acceptors (Lipinski definition) is 4. The van der Waals surface area contributed by atoms with E-state index in [1.165, 1.54) is 12.2 Å². The summed E-state index contributed by atoms with van der Waals surface area (Å²) in [7, 11) is 0. The SMILES string of the molecule is OC1=CC=CC(O)C1(O)O. The highest BCUT2D eigenvalue weighted by Crippen LogP contribution is 2.20. The van der Waals surface area contributed by atoms with Gasteiger partial charge in [0.05, 0.1) is 0 Å². The topological polar surface area (TPSA) is 80.9 Å². The molecule has 0 saturated heterocycles. The number of aliphatic hydroxyl groups excluding tert-OH is 2. The van der Waals surface area contributed by atoms with Crippen LogP contribution in [0.25, 0.3) is 0 Å². The maximum atomic E-state index is 8.85. The minimum Gasteiger partial charge on any atom is -0.507 e. The second-order valence-electron chi connectivity index (χ2n) is 2.11. The van der Waals surface area contributed by atoms with E-state index in [2.05, 4.69) is 0 Å². The molecular weight excluding hydrogens is 136 g/mol. The summed E-state index contributed by atoms with van der Waals surface area (Å²) in [6, 6.07) is 0. The monoisotopic (exact) mass is 144 g/mol. The van der Waals surface area contributed by atoms with Gasteiger partial charge in [-0.25, -0.2) is 0 Å². The largest absolute Gasteiger partial charge is 0.507 e. The summed E-state index contributed by atoms with van der Waals surface area (Å²) in [5.74, 6) is -3.17. The van der Waals surface area contributed by atoms with Gasteiger partial charge < -0.3 is 20.4 Å². The Morgan fingerprint density at radius 2 is 2.00 bits per heavy atom. The molecule has 4 N–H and O–H groups in total. The van der Waals surface area contributed by atoms with Gasteiger partial charge in [0.1, 0.15) is 6.10 Å². The van der Waals surface area contributed by atoms with Crippen LogP contribution in [-0.2, 0) is 0 Å². The summed E-state index contributed by atoms with van der Waals surface area (Å²) in [6.07, 6.45) is 2.15. The molecule has 1 atom stereocenters. The first-order valence-corrected chi connectivity index (χ1v) is 2.76. The molecule has 4 nitrogen and oxygen atoms in total. The van der Waals surface area contributed by atoms with Crippen LogP contribution in [0.15, 0.2) is 24.0 Å². The highest BCUT2D eigenvalue weighted by atomic mass is 16.5. The number of allylic oxidation sites excluding steroid dienone is 2. The van der Waals surface area contributed by atoms with Gasteiger partial charge in [0.25, 0.3) is 5.79 Å². The van der Waals surface area contributed by atoms with Crippen LogP contribution >= 0.6 is 0 Å². The van der Waals surface area contributed by atoms with Gasteiger partial charge >= 0.3 is 0 Å². The van der Waals surface area contributed by atoms with Gasteiger partial charge in [-0.15, -0.1) is 0 Å². The average molecular weight is 144 g/mol. The number of aliphatic hydroxyl groups is 4. The van der Waals surface area contributed by atoms with E-state index in [1.807, 2.05) is 0 Å². The Bertz CT molecular complexity index is 192. The van der Waals surface area contributed by atoms with Crippen LogP contribution in [0.3, 0.4) is 0 Å². The molecule has 0 aromatic heterocycles. The molecule has 0 spiro atoms. The van der Waals surface area contributed by atoms with Gasteiger partial charge in [0.2, 0.25) is 0 Å². The Labute approximate surface area is 57.4 Å². The third kappa shape index (κ3) is 0.923. The first-order valence-electron chi connectivity index (χ1n) is 2.76. The molecule has 0 saturated carbocycles. The molecule has 10 heavy (non-hydrogen) atoms. The molecule has 1 aliphatic carbocycles. The predicted octanol–water partition coefficient (Wildman–Crippen LogP) is -0.960. The number of rotatable bonds is 0. The van der Waals surface area contributed by atoms with Crippen molar-refractivity contribution in [3.63, 3.8) is 0 Å². The van der Waals surface area contributed by atoms with Crippen LogP contribution < -0.4 is 0 Å². The summed E-state index contributed by atoms with van der Waals surface area (Å²) >= 11 is 0. The van der Waals surface area contributed by atoms with Gasteiger partial charge in [-0.3, -0.25) is 0 Å². The molecule has 4 heteroatoms. The predicted molar refractivity (Wildman–Crippen MR) is 33.0 cm³/mol. The summed E-state index contributed by atoms with van der Waals surface area (Å²) in [5.41, 5.74) is 0. The minimum absolute atomic E-state index is 0.650. The fourth-order valence-corrected chi connectivity index (χ4v) is 0.660. The lowest BCUT2D eigenvalue weighted by molar-refractivity contribution is -0.202. The quantitative estimate of drug-likeness (QED) is 0.330. The molecule has 0 aromatic carbocycles. The van der Waals surface area contributed by atoms with Crippen LogP contribution in [0, 0.1) is 0 Å². The van der Waals surface area contributed by atoms with E-state index in [1.54, 1.807) is 0 Å². The molecule has 0 fully saturated rings. The van der Waals surface area contributed by atoms with Gasteiger partial charge in [-0.2, -0.15) is 0 Å². The van der Waals surface area contributed by atoms with Crippen LogP contribution in [-0.4, -0.2) is 32.3 Å². The molecular formula is C6H8O4. The molecule has 0 amide bonds. The van der Waals surface area contributed by atoms with Crippen molar-refractivity contribution in [1.29, 1.82) is 0 Å². The second-order valence-corrected chi connectivity index (χ2v) is 2.11. The van der Waals surface area contributed by atoms with Gasteiger partial charge in [-0.1, -0.05) is 12.2 Å². The van der Waals surface area contributed by atoms with Gasteiger partial charge in [0, 0.05) is 0 Å². The molecule has 0 aliphatic heterocycles. The molecule has 0 bridgehead atoms. The van der Waals surface area contributed by atoms with Gasteiger partial charge in [-0.05, 0) is 6.08 Å². The minimum atomic E-state index is -2.52. The standard InChI is InChI=1S/C6H8O4/c7-4-2-1-3-5(8)6(4,9)10/h1-4,7-10H. The van der Waals surface area contributed by atoms with Crippen molar-refractivity contribution in [3.8, 4) is 0 Å². The molecule has 1 unspecified atom stereocenters. The molecule has 0 radical (unpaired) electrons. The fourth-order valence-electron chi connectivity index (χ4n) is 0.660. The Hall–Kier alpha value is -0.840. The third-order valence-corrected chi connectivity index (χ3v) is 1.34. The average Bonchev–Trinajstić information content (AvgIpc) is 1.84. The first-order chi connectivity index (χ1) is 4.55. The van der Waals surface area contributed by atoms with E-state index >= 15 is 0 Å². The highest BCUT2D eigenvalue weighted by Gasteiger charge is 2.37. The zero-order valence-electron chi connectivity index (χ0n) is 5.10. The van der Waals surface area contributed by atoms with Crippen LogP contribution in [0.4, 0.5) is 0 Å². The lowest BCUT2D eigenvalue weighted by Gasteiger charge is -2.26. The van der Waals surface area contributed by atoms with Crippen LogP contribution in [0.5, 0.6) is 0 Å². The summed E-state index contributed by atoms with van der Waals surface area (Å²) in [6.45, 7) is 0. The van der Waals surface area contributed by atoms with E-state index in [4.69, 9.17) is 20.4 Å². The molecule has 0 heterocycles. The van der Waals surface area contributed by atoms with E-state index in [9.17, 15) is 0 Å². The van der Waals surface area contributed by atoms with Crippen LogP contribution in [0.2, 0.25) is 0 Å². The van der Waals surface area contributed by atoms with Crippen molar-refractivity contribution in [2.45, 2.75) is 11.9 Å². The summed E-state index contributed by atoms with van der Waals surface area (Å²) in [5, 5.41) is 35.3. The van der Waals surface area contributed by atoms with Crippen LogP contribution in [0.1, 0.15) is 0 Å². The lowest BCUT2D eigenvalue weighted by atomic mass is 10.0. The van der Waals surface area contributed by atoms with Crippen molar-refractivity contribution in [2.75, 3.05) is 0 Å². The first kappa shape index (κ1) is 7.27. The van der Waals surface area contributed by atoms with E-state index in [0.29, 0.717) is 0 Å². The van der Waals surface area contributed by atoms with E-state index < -0.39 is 17.7 Å². The van der Waals surface area contributed by atoms with Crippen molar-refractivity contribution in [1.82, 2.24) is 0 Å². The van der Waals surface area contributed by atoms with Crippen molar-refractivity contribution in [2.24, 2.45) is 0 Å². The molecule has 56 valence electrons. The van der Waals surface area contributed by atoms with E-state index in [-0.39, 0.29) is 0 Å². The summed E-state index contributed by atoms with van der Waals surface area (Å²) in [4.78, 5) is 0. The maximum Gasteiger partial charge on any atom is 0.253 e. The van der Waals surface area contributed by atoms with Crippen molar-refractivity contribution >= 4 is 0 Å². The summed E-state index contributed by atoms with van der Waals surface area (Å²) < 4.78 is 0.